The summed E-state index contributed by atoms with van der Waals surface area (Å²) in [6.45, 7) is 5.97. The minimum Gasteiger partial charge on any atom is -0.343 e. The van der Waals surface area contributed by atoms with Gasteiger partial charge in [-0.3, -0.25) is 14.6 Å². The monoisotopic (exact) mass is 379 g/mol. The number of rotatable bonds is 5. The summed E-state index contributed by atoms with van der Waals surface area (Å²) >= 11 is 0. The number of carbonyl (C=O) groups is 2. The summed E-state index contributed by atoms with van der Waals surface area (Å²) in [6, 6.07) is 14.1. The molecule has 0 radical (unpaired) electrons. The standard InChI is InChI=1S/C23H29N3O2/c1-17(19-7-5-4-6-8-19)16-25(3)23(28)21-9-10-22(24-15-21)20-11-13-26(14-12-20)18(2)27/h4-10,15,17,20H,11-14,16H2,1-3H3/t17-/m0/s1. The third-order valence-electron chi connectivity index (χ3n) is 5.65. The molecule has 0 unspecified atom stereocenters. The molecule has 1 aliphatic heterocycles. The first-order valence-corrected chi connectivity index (χ1v) is 9.97. The Morgan fingerprint density at radius 3 is 2.39 bits per heavy atom. The van der Waals surface area contributed by atoms with Gasteiger partial charge < -0.3 is 9.80 Å². The van der Waals surface area contributed by atoms with Crippen LogP contribution in [0.4, 0.5) is 0 Å². The van der Waals surface area contributed by atoms with Gasteiger partial charge in [0.05, 0.1) is 5.56 Å². The second kappa shape index (κ2) is 9.00. The summed E-state index contributed by atoms with van der Waals surface area (Å²) in [7, 11) is 1.84. The highest BCUT2D eigenvalue weighted by molar-refractivity contribution is 5.93. The van der Waals surface area contributed by atoms with Gasteiger partial charge in [0.2, 0.25) is 5.91 Å². The molecule has 1 atom stereocenters. The van der Waals surface area contributed by atoms with Crippen molar-refractivity contribution in [2.24, 2.45) is 0 Å². The Balaban J connectivity index is 1.58. The predicted octanol–water partition coefficient (Wildman–Crippen LogP) is 3.68. The van der Waals surface area contributed by atoms with Crippen LogP contribution < -0.4 is 0 Å². The fourth-order valence-electron chi connectivity index (χ4n) is 3.86. The van der Waals surface area contributed by atoms with Crippen molar-refractivity contribution in [1.82, 2.24) is 14.8 Å². The summed E-state index contributed by atoms with van der Waals surface area (Å²) in [5.41, 5.74) is 2.86. The van der Waals surface area contributed by atoms with E-state index in [1.165, 1.54) is 5.56 Å². The van der Waals surface area contributed by atoms with Crippen LogP contribution in [0.25, 0.3) is 0 Å². The van der Waals surface area contributed by atoms with Crippen molar-refractivity contribution in [3.63, 3.8) is 0 Å². The molecule has 0 N–H and O–H groups in total. The van der Waals surface area contributed by atoms with Crippen molar-refractivity contribution in [3.05, 3.63) is 65.5 Å². The minimum atomic E-state index is -0.00627. The van der Waals surface area contributed by atoms with Crippen molar-refractivity contribution in [1.29, 1.82) is 0 Å². The third-order valence-corrected chi connectivity index (χ3v) is 5.65. The van der Waals surface area contributed by atoms with Gasteiger partial charge in [-0.2, -0.15) is 0 Å². The van der Waals surface area contributed by atoms with Gasteiger partial charge >= 0.3 is 0 Å². The second-order valence-corrected chi connectivity index (χ2v) is 7.75. The molecule has 0 spiro atoms. The number of piperidine rings is 1. The Morgan fingerprint density at radius 1 is 1.14 bits per heavy atom. The molecule has 1 aromatic heterocycles. The largest absolute Gasteiger partial charge is 0.343 e. The normalized spacial score (nSPS) is 15.9. The van der Waals surface area contributed by atoms with E-state index in [1.807, 2.05) is 42.3 Å². The Kier molecular flexibility index (Phi) is 6.45. The first-order valence-electron chi connectivity index (χ1n) is 9.97. The highest BCUT2D eigenvalue weighted by atomic mass is 16.2. The van der Waals surface area contributed by atoms with Crippen molar-refractivity contribution >= 4 is 11.8 Å². The fourth-order valence-corrected chi connectivity index (χ4v) is 3.86. The van der Waals surface area contributed by atoms with Crippen LogP contribution >= 0.6 is 0 Å². The maximum atomic E-state index is 12.8. The number of amides is 2. The maximum Gasteiger partial charge on any atom is 0.255 e. The zero-order chi connectivity index (χ0) is 20.1. The van der Waals surface area contributed by atoms with Crippen LogP contribution in [0.3, 0.4) is 0 Å². The topological polar surface area (TPSA) is 53.5 Å². The van der Waals surface area contributed by atoms with Crippen LogP contribution in [0.1, 0.15) is 60.1 Å². The number of likely N-dealkylation sites (tertiary alicyclic amines) is 1. The average Bonchev–Trinajstić information content (AvgIpc) is 2.74. The van der Waals surface area contributed by atoms with E-state index in [0.29, 0.717) is 18.0 Å². The predicted molar refractivity (Wildman–Crippen MR) is 110 cm³/mol. The molecule has 0 saturated carbocycles. The van der Waals surface area contributed by atoms with E-state index in [9.17, 15) is 9.59 Å². The first kappa shape index (κ1) is 20.1. The summed E-state index contributed by atoms with van der Waals surface area (Å²) in [5, 5.41) is 0. The molecular formula is C23H29N3O2. The maximum absolute atomic E-state index is 12.8. The van der Waals surface area contributed by atoms with Crippen LogP contribution in [0.5, 0.6) is 0 Å². The van der Waals surface area contributed by atoms with Crippen molar-refractivity contribution in [3.8, 4) is 0 Å². The molecule has 3 rings (SSSR count). The molecule has 2 aromatic rings. The lowest BCUT2D eigenvalue weighted by Gasteiger charge is -2.31. The first-order chi connectivity index (χ1) is 13.5. The number of nitrogens with zero attached hydrogens (tertiary/aromatic N) is 3. The summed E-state index contributed by atoms with van der Waals surface area (Å²) in [5.74, 6) is 0.762. The number of likely N-dealkylation sites (N-methyl/N-ethyl adjacent to an activating group) is 1. The Labute approximate surface area is 167 Å². The van der Waals surface area contributed by atoms with Crippen LogP contribution in [0, 0.1) is 0 Å². The molecule has 0 aliphatic carbocycles. The van der Waals surface area contributed by atoms with Gasteiger partial charge in [-0.05, 0) is 36.5 Å². The van der Waals surface area contributed by atoms with Crippen LogP contribution in [-0.2, 0) is 4.79 Å². The lowest BCUT2D eigenvalue weighted by atomic mass is 9.93. The molecule has 1 fully saturated rings. The zero-order valence-corrected chi connectivity index (χ0v) is 17.0. The lowest BCUT2D eigenvalue weighted by Crippen LogP contribution is -2.36. The van der Waals surface area contributed by atoms with E-state index in [0.717, 1.165) is 31.6 Å². The number of hydrogen-bond donors (Lipinski definition) is 0. The van der Waals surface area contributed by atoms with E-state index < -0.39 is 0 Å². The van der Waals surface area contributed by atoms with E-state index in [1.54, 1.807) is 18.0 Å². The van der Waals surface area contributed by atoms with Gasteiger partial charge in [-0.25, -0.2) is 0 Å². The smallest absolute Gasteiger partial charge is 0.255 e. The van der Waals surface area contributed by atoms with Gasteiger partial charge in [0.1, 0.15) is 0 Å². The van der Waals surface area contributed by atoms with Gasteiger partial charge in [0.15, 0.2) is 0 Å². The molecular weight excluding hydrogens is 350 g/mol. The molecule has 1 aromatic carbocycles. The minimum absolute atomic E-state index is 0.00627. The van der Waals surface area contributed by atoms with Crippen LogP contribution in [-0.4, -0.2) is 53.3 Å². The molecule has 28 heavy (non-hydrogen) atoms. The van der Waals surface area contributed by atoms with Crippen LogP contribution in [0.15, 0.2) is 48.7 Å². The van der Waals surface area contributed by atoms with E-state index >= 15 is 0 Å². The van der Waals surface area contributed by atoms with Gasteiger partial charge in [-0.1, -0.05) is 37.3 Å². The highest BCUT2D eigenvalue weighted by Gasteiger charge is 2.23. The number of carbonyl (C=O) groups excluding carboxylic acids is 2. The molecule has 1 aliphatic rings. The van der Waals surface area contributed by atoms with Crippen molar-refractivity contribution in [2.75, 3.05) is 26.7 Å². The fraction of sp³-hybridized carbons (Fsp3) is 0.435. The summed E-state index contributed by atoms with van der Waals surface area (Å²) in [4.78, 5) is 32.4. The van der Waals surface area contributed by atoms with Gasteiger partial charge in [0, 0.05) is 51.4 Å². The molecule has 2 amide bonds. The Morgan fingerprint density at radius 2 is 1.82 bits per heavy atom. The average molecular weight is 380 g/mol. The zero-order valence-electron chi connectivity index (χ0n) is 17.0. The molecule has 2 heterocycles. The van der Waals surface area contributed by atoms with Gasteiger partial charge in [0.25, 0.3) is 5.91 Å². The Hall–Kier alpha value is -2.69. The second-order valence-electron chi connectivity index (χ2n) is 7.75. The van der Waals surface area contributed by atoms with Crippen molar-refractivity contribution < 1.29 is 9.59 Å². The van der Waals surface area contributed by atoms with Crippen LogP contribution in [0.2, 0.25) is 0 Å². The van der Waals surface area contributed by atoms with E-state index in [-0.39, 0.29) is 17.7 Å². The number of pyridine rings is 1. The number of hydrogen-bond acceptors (Lipinski definition) is 3. The quantitative estimate of drug-likeness (QED) is 0.796. The summed E-state index contributed by atoms with van der Waals surface area (Å²) < 4.78 is 0. The summed E-state index contributed by atoms with van der Waals surface area (Å²) in [6.07, 6.45) is 3.54. The van der Waals surface area contributed by atoms with E-state index in [4.69, 9.17) is 0 Å². The SMILES string of the molecule is CC(=O)N1CCC(c2ccc(C(=O)N(C)C[C@H](C)c3ccccc3)cn2)CC1. The molecule has 0 bridgehead atoms. The molecule has 5 heteroatoms. The molecule has 148 valence electrons. The van der Waals surface area contributed by atoms with Gasteiger partial charge in [-0.15, -0.1) is 0 Å². The van der Waals surface area contributed by atoms with Crippen molar-refractivity contribution in [2.45, 2.75) is 38.5 Å². The van der Waals surface area contributed by atoms with E-state index in [2.05, 4.69) is 24.0 Å². The third kappa shape index (κ3) is 4.77. The number of benzene rings is 1. The molecule has 1 saturated heterocycles. The highest BCUT2D eigenvalue weighted by Crippen LogP contribution is 2.27. The number of aromatic nitrogens is 1. The lowest BCUT2D eigenvalue weighted by molar-refractivity contribution is -0.129. The Bertz CT molecular complexity index is 796. The molecule has 5 nitrogen and oxygen atoms in total.